The fraction of sp³-hybridized carbons (Fsp3) is 0.562. The van der Waals surface area contributed by atoms with Gasteiger partial charge in [-0.25, -0.2) is 0 Å². The largest absolute Gasteiger partial charge is 0.305 e. The van der Waals surface area contributed by atoms with Gasteiger partial charge in [0, 0.05) is 24.3 Å². The molecule has 0 aliphatic heterocycles. The standard InChI is InChI=1S/C16H21NO/c1-17(2)16-13-9-8-12(10-14(13)18)15(16)11-6-4-3-5-7-11/h3-7,12-13,15-16H,8-10H2,1-2H3/t12-,13+,15-,16-/m1/s1. The zero-order valence-corrected chi connectivity index (χ0v) is 11.2. The van der Waals surface area contributed by atoms with Crippen LogP contribution in [0, 0.1) is 11.8 Å². The first kappa shape index (κ1) is 11.9. The van der Waals surface area contributed by atoms with E-state index in [2.05, 4.69) is 49.3 Å². The Morgan fingerprint density at radius 1 is 1.11 bits per heavy atom. The second-order valence-corrected chi connectivity index (χ2v) is 6.01. The fourth-order valence-corrected chi connectivity index (χ4v) is 4.09. The predicted molar refractivity (Wildman–Crippen MR) is 72.5 cm³/mol. The lowest BCUT2D eigenvalue weighted by Crippen LogP contribution is -2.53. The van der Waals surface area contributed by atoms with E-state index in [1.165, 1.54) is 12.0 Å². The number of carbonyl (C=O) groups excluding carboxylic acids is 1. The summed E-state index contributed by atoms with van der Waals surface area (Å²) in [5.41, 5.74) is 1.42. The number of hydrogen-bond donors (Lipinski definition) is 0. The van der Waals surface area contributed by atoms with Crippen LogP contribution in [0.1, 0.15) is 30.7 Å². The molecule has 2 nitrogen and oxygen atoms in total. The number of carbonyl (C=O) groups is 1. The van der Waals surface area contributed by atoms with Crippen molar-refractivity contribution < 1.29 is 4.79 Å². The minimum absolute atomic E-state index is 0.259. The van der Waals surface area contributed by atoms with E-state index in [9.17, 15) is 4.79 Å². The van der Waals surface area contributed by atoms with Crippen LogP contribution in [0.2, 0.25) is 0 Å². The van der Waals surface area contributed by atoms with Gasteiger partial charge in [0.1, 0.15) is 5.78 Å². The van der Waals surface area contributed by atoms with Crippen molar-refractivity contribution in [2.75, 3.05) is 14.1 Å². The molecule has 0 spiro atoms. The van der Waals surface area contributed by atoms with E-state index >= 15 is 0 Å². The van der Waals surface area contributed by atoms with Crippen LogP contribution in [0.4, 0.5) is 0 Å². The van der Waals surface area contributed by atoms with E-state index in [0.29, 0.717) is 23.7 Å². The molecule has 18 heavy (non-hydrogen) atoms. The Labute approximate surface area is 109 Å². The zero-order chi connectivity index (χ0) is 12.7. The topological polar surface area (TPSA) is 20.3 Å². The molecule has 3 saturated carbocycles. The first-order valence-corrected chi connectivity index (χ1v) is 6.92. The number of likely N-dealkylation sites (N-methyl/N-ethyl adjacent to an activating group) is 1. The quantitative estimate of drug-likeness (QED) is 0.796. The summed E-state index contributed by atoms with van der Waals surface area (Å²) in [6.07, 6.45) is 3.12. The molecule has 3 fully saturated rings. The molecule has 0 N–H and O–H groups in total. The van der Waals surface area contributed by atoms with Gasteiger partial charge in [-0.15, -0.1) is 0 Å². The van der Waals surface area contributed by atoms with Gasteiger partial charge in [0.05, 0.1) is 0 Å². The molecule has 96 valence electrons. The summed E-state index contributed by atoms with van der Waals surface area (Å²) >= 11 is 0. The summed E-state index contributed by atoms with van der Waals surface area (Å²) in [5, 5.41) is 0. The van der Waals surface area contributed by atoms with Crippen molar-refractivity contribution in [3.8, 4) is 0 Å². The van der Waals surface area contributed by atoms with Gasteiger partial charge in [0.15, 0.2) is 0 Å². The summed E-state index contributed by atoms with van der Waals surface area (Å²) in [5.74, 6) is 1.85. The van der Waals surface area contributed by atoms with Crippen molar-refractivity contribution in [3.05, 3.63) is 35.9 Å². The van der Waals surface area contributed by atoms with E-state index in [0.717, 1.165) is 12.8 Å². The summed E-state index contributed by atoms with van der Waals surface area (Å²) in [7, 11) is 4.24. The van der Waals surface area contributed by atoms with Crippen LogP contribution < -0.4 is 0 Å². The highest BCUT2D eigenvalue weighted by Crippen LogP contribution is 2.49. The molecule has 0 saturated heterocycles. The van der Waals surface area contributed by atoms with Crippen LogP contribution in [0.25, 0.3) is 0 Å². The molecule has 3 aliphatic rings. The van der Waals surface area contributed by atoms with E-state index in [-0.39, 0.29) is 5.92 Å². The Kier molecular flexibility index (Phi) is 2.98. The van der Waals surface area contributed by atoms with Crippen LogP contribution in [0.5, 0.6) is 0 Å². The monoisotopic (exact) mass is 243 g/mol. The molecule has 3 aliphatic carbocycles. The van der Waals surface area contributed by atoms with Crippen LogP contribution in [-0.2, 0) is 4.79 Å². The summed E-state index contributed by atoms with van der Waals surface area (Å²) in [6, 6.07) is 11.2. The maximum Gasteiger partial charge on any atom is 0.137 e. The highest BCUT2D eigenvalue weighted by molar-refractivity contribution is 5.84. The second-order valence-electron chi connectivity index (χ2n) is 6.01. The van der Waals surface area contributed by atoms with E-state index in [1.807, 2.05) is 0 Å². The Hall–Kier alpha value is -1.15. The lowest BCUT2D eigenvalue weighted by molar-refractivity contribution is -0.134. The van der Waals surface area contributed by atoms with Crippen molar-refractivity contribution in [2.45, 2.75) is 31.2 Å². The van der Waals surface area contributed by atoms with Crippen molar-refractivity contribution in [1.82, 2.24) is 4.90 Å². The number of rotatable bonds is 2. The van der Waals surface area contributed by atoms with Crippen LogP contribution in [-0.4, -0.2) is 30.8 Å². The lowest BCUT2D eigenvalue weighted by Gasteiger charge is -2.50. The van der Waals surface area contributed by atoms with Gasteiger partial charge in [-0.1, -0.05) is 30.3 Å². The summed E-state index contributed by atoms with van der Waals surface area (Å²) in [6.45, 7) is 0. The third-order valence-electron chi connectivity index (χ3n) is 4.79. The van der Waals surface area contributed by atoms with Gasteiger partial charge >= 0.3 is 0 Å². The zero-order valence-electron chi connectivity index (χ0n) is 11.2. The van der Waals surface area contributed by atoms with Crippen molar-refractivity contribution >= 4 is 5.78 Å². The van der Waals surface area contributed by atoms with E-state index in [1.54, 1.807) is 0 Å². The number of ketones is 1. The maximum atomic E-state index is 12.1. The van der Waals surface area contributed by atoms with Crippen molar-refractivity contribution in [3.63, 3.8) is 0 Å². The van der Waals surface area contributed by atoms with E-state index in [4.69, 9.17) is 0 Å². The normalized spacial score (nSPS) is 35.2. The van der Waals surface area contributed by atoms with Crippen LogP contribution >= 0.6 is 0 Å². The van der Waals surface area contributed by atoms with Crippen molar-refractivity contribution in [1.29, 1.82) is 0 Å². The molecule has 0 aromatic heterocycles. The molecule has 2 heteroatoms. The summed E-state index contributed by atoms with van der Waals surface area (Å²) in [4.78, 5) is 14.4. The minimum Gasteiger partial charge on any atom is -0.305 e. The number of benzene rings is 1. The molecule has 2 bridgehead atoms. The molecule has 0 unspecified atom stereocenters. The molecule has 4 atom stereocenters. The van der Waals surface area contributed by atoms with Crippen LogP contribution in [0.15, 0.2) is 30.3 Å². The molecule has 1 aromatic carbocycles. The van der Waals surface area contributed by atoms with Gasteiger partial charge in [-0.3, -0.25) is 4.79 Å². The third-order valence-corrected chi connectivity index (χ3v) is 4.79. The van der Waals surface area contributed by atoms with Crippen LogP contribution in [0.3, 0.4) is 0 Å². The molecular weight excluding hydrogens is 222 g/mol. The fourth-order valence-electron chi connectivity index (χ4n) is 4.09. The first-order chi connectivity index (χ1) is 8.68. The van der Waals surface area contributed by atoms with Gasteiger partial charge in [-0.2, -0.15) is 0 Å². The third kappa shape index (κ3) is 1.79. The molecule has 0 amide bonds. The molecule has 0 radical (unpaired) electrons. The highest BCUT2D eigenvalue weighted by atomic mass is 16.1. The Morgan fingerprint density at radius 2 is 1.83 bits per heavy atom. The minimum atomic E-state index is 0.259. The Balaban J connectivity index is 1.99. The Morgan fingerprint density at radius 3 is 2.44 bits per heavy atom. The van der Waals surface area contributed by atoms with Gasteiger partial charge in [-0.05, 0) is 38.4 Å². The van der Waals surface area contributed by atoms with Gasteiger partial charge < -0.3 is 4.90 Å². The molecular formula is C16H21NO. The number of nitrogens with zero attached hydrogens (tertiary/aromatic N) is 1. The summed E-state index contributed by atoms with van der Waals surface area (Å²) < 4.78 is 0. The number of hydrogen-bond acceptors (Lipinski definition) is 2. The van der Waals surface area contributed by atoms with Gasteiger partial charge in [0.2, 0.25) is 0 Å². The average molecular weight is 243 g/mol. The lowest BCUT2D eigenvalue weighted by atomic mass is 9.59. The SMILES string of the molecule is CN(C)[C@H]1[C@H](c2ccccc2)[C@@H]2CC[C@H]1C(=O)C2. The van der Waals surface area contributed by atoms with Gasteiger partial charge in [0.25, 0.3) is 0 Å². The first-order valence-electron chi connectivity index (χ1n) is 6.92. The maximum absolute atomic E-state index is 12.1. The smallest absolute Gasteiger partial charge is 0.137 e. The molecule has 4 rings (SSSR count). The predicted octanol–water partition coefficient (Wildman–Crippen LogP) is 2.70. The average Bonchev–Trinajstić information content (AvgIpc) is 2.39. The van der Waals surface area contributed by atoms with E-state index < -0.39 is 0 Å². The number of fused-ring (bicyclic) bond motifs is 3. The second kappa shape index (κ2) is 4.51. The molecule has 0 heterocycles. The molecule has 1 aromatic rings. The Bertz CT molecular complexity index is 440. The number of Topliss-reactive ketones (excluding diaryl/α,β-unsaturated/α-hetero) is 1. The van der Waals surface area contributed by atoms with Crippen molar-refractivity contribution in [2.24, 2.45) is 11.8 Å². The highest BCUT2D eigenvalue weighted by Gasteiger charge is 2.49.